The summed E-state index contributed by atoms with van der Waals surface area (Å²) in [6.07, 6.45) is -0.106. The highest BCUT2D eigenvalue weighted by atomic mass is 16.5. The standard InChI is InChI=1S/C23H36N2O6/c1-17(2)16-31-14-13-30-12-10-24-22(28)20-7-5-19(6-8-20)15-25(11-9-21(26)27)23(29)18(3)4/h5-8,17-18H,9-16H2,1-4H3,(H,24,28)(H,26,27). The topological polar surface area (TPSA) is 105 Å². The lowest BCUT2D eigenvalue weighted by Crippen LogP contribution is -2.35. The SMILES string of the molecule is CC(C)COCCOCCNC(=O)c1ccc(CN(CCC(=O)O)C(=O)C(C)C)cc1. The number of benzene rings is 1. The minimum absolute atomic E-state index is 0.0994. The van der Waals surface area contributed by atoms with E-state index in [2.05, 4.69) is 19.2 Å². The van der Waals surface area contributed by atoms with Crippen LogP contribution >= 0.6 is 0 Å². The smallest absolute Gasteiger partial charge is 0.305 e. The van der Waals surface area contributed by atoms with Crippen molar-refractivity contribution < 1.29 is 29.0 Å². The van der Waals surface area contributed by atoms with Crippen LogP contribution in [0.2, 0.25) is 0 Å². The number of hydrogen-bond donors (Lipinski definition) is 2. The third-order valence-electron chi connectivity index (χ3n) is 4.35. The predicted octanol–water partition coefficient (Wildman–Crippen LogP) is 2.56. The molecule has 2 N–H and O–H groups in total. The largest absolute Gasteiger partial charge is 0.481 e. The first-order chi connectivity index (χ1) is 14.7. The summed E-state index contributed by atoms with van der Waals surface area (Å²) in [6, 6.07) is 6.94. The lowest BCUT2D eigenvalue weighted by atomic mass is 10.1. The lowest BCUT2D eigenvalue weighted by Gasteiger charge is -2.24. The molecule has 1 rings (SSSR count). The summed E-state index contributed by atoms with van der Waals surface area (Å²) in [5, 5.41) is 11.7. The minimum Gasteiger partial charge on any atom is -0.481 e. The maximum Gasteiger partial charge on any atom is 0.305 e. The molecule has 1 aromatic rings. The summed E-state index contributed by atoms with van der Waals surface area (Å²) in [5.74, 6) is -0.970. The fourth-order valence-electron chi connectivity index (χ4n) is 2.72. The molecule has 1 aromatic carbocycles. The van der Waals surface area contributed by atoms with Gasteiger partial charge >= 0.3 is 5.97 Å². The molecule has 8 nitrogen and oxygen atoms in total. The number of carbonyl (C=O) groups excluding carboxylic acids is 2. The molecule has 0 aliphatic carbocycles. The molecule has 0 atom stereocenters. The van der Waals surface area contributed by atoms with Crippen molar-refractivity contribution in [3.05, 3.63) is 35.4 Å². The number of amides is 2. The summed E-state index contributed by atoms with van der Waals surface area (Å²) >= 11 is 0. The normalized spacial score (nSPS) is 11.0. The number of aliphatic carboxylic acids is 1. The van der Waals surface area contributed by atoms with Crippen LogP contribution in [-0.2, 0) is 25.6 Å². The van der Waals surface area contributed by atoms with Crippen LogP contribution in [0.5, 0.6) is 0 Å². The van der Waals surface area contributed by atoms with Gasteiger partial charge in [0, 0.05) is 37.7 Å². The number of carboxylic acid groups (broad SMARTS) is 1. The summed E-state index contributed by atoms with van der Waals surface area (Å²) in [4.78, 5) is 37.0. The van der Waals surface area contributed by atoms with Crippen LogP contribution in [0.3, 0.4) is 0 Å². The number of nitrogens with one attached hydrogen (secondary N) is 1. The molecule has 0 bridgehead atoms. The molecule has 0 radical (unpaired) electrons. The molecule has 0 saturated carbocycles. The van der Waals surface area contributed by atoms with Gasteiger partial charge in [0.2, 0.25) is 5.91 Å². The molecule has 0 unspecified atom stereocenters. The number of rotatable bonds is 15. The Balaban J connectivity index is 2.43. The van der Waals surface area contributed by atoms with Crippen molar-refractivity contribution in [2.45, 2.75) is 40.7 Å². The van der Waals surface area contributed by atoms with E-state index in [-0.39, 0.29) is 30.7 Å². The fraction of sp³-hybridized carbons (Fsp3) is 0.609. The number of hydrogen-bond acceptors (Lipinski definition) is 5. The van der Waals surface area contributed by atoms with Crippen LogP contribution in [-0.4, -0.2) is 67.3 Å². The lowest BCUT2D eigenvalue weighted by molar-refractivity contribution is -0.139. The average Bonchev–Trinajstić information content (AvgIpc) is 2.72. The van der Waals surface area contributed by atoms with E-state index in [4.69, 9.17) is 14.6 Å². The van der Waals surface area contributed by atoms with Gasteiger partial charge in [0.05, 0.1) is 26.2 Å². The quantitative estimate of drug-likeness (QED) is 0.410. The Hall–Kier alpha value is -2.45. The Labute approximate surface area is 184 Å². The molecule has 0 spiro atoms. The Morgan fingerprint density at radius 2 is 1.65 bits per heavy atom. The summed E-state index contributed by atoms with van der Waals surface area (Å²) in [7, 11) is 0. The van der Waals surface area contributed by atoms with Crippen LogP contribution in [0.25, 0.3) is 0 Å². The molecule has 174 valence electrons. The minimum atomic E-state index is -0.944. The first-order valence-electron chi connectivity index (χ1n) is 10.7. The second-order valence-corrected chi connectivity index (χ2v) is 8.09. The van der Waals surface area contributed by atoms with Crippen LogP contribution < -0.4 is 5.32 Å². The third-order valence-corrected chi connectivity index (χ3v) is 4.35. The molecule has 0 saturated heterocycles. The Morgan fingerprint density at radius 1 is 1.00 bits per heavy atom. The van der Waals surface area contributed by atoms with E-state index in [1.807, 2.05) is 0 Å². The van der Waals surface area contributed by atoms with Gasteiger partial charge in [-0.3, -0.25) is 14.4 Å². The first kappa shape index (κ1) is 26.6. The monoisotopic (exact) mass is 436 g/mol. The molecular weight excluding hydrogens is 400 g/mol. The van der Waals surface area contributed by atoms with E-state index in [0.29, 0.717) is 51.0 Å². The zero-order chi connectivity index (χ0) is 23.2. The molecule has 2 amide bonds. The molecular formula is C23H36N2O6. The highest BCUT2D eigenvalue weighted by Gasteiger charge is 2.18. The van der Waals surface area contributed by atoms with Crippen molar-refractivity contribution in [2.24, 2.45) is 11.8 Å². The van der Waals surface area contributed by atoms with Crippen molar-refractivity contribution in [1.29, 1.82) is 0 Å². The zero-order valence-corrected chi connectivity index (χ0v) is 19.1. The van der Waals surface area contributed by atoms with Gasteiger partial charge in [-0.25, -0.2) is 0 Å². The molecule has 0 aliphatic heterocycles. The third kappa shape index (κ3) is 11.5. The van der Waals surface area contributed by atoms with Gasteiger partial charge < -0.3 is 24.8 Å². The van der Waals surface area contributed by atoms with Gasteiger partial charge in [-0.2, -0.15) is 0 Å². The van der Waals surface area contributed by atoms with Gasteiger partial charge in [-0.15, -0.1) is 0 Å². The molecule has 0 fully saturated rings. The Bertz CT molecular complexity index is 688. The van der Waals surface area contributed by atoms with E-state index in [9.17, 15) is 14.4 Å². The van der Waals surface area contributed by atoms with Crippen molar-refractivity contribution in [2.75, 3.05) is 39.5 Å². The van der Waals surface area contributed by atoms with Crippen LogP contribution in [0.4, 0.5) is 0 Å². The summed E-state index contributed by atoms with van der Waals surface area (Å²) in [6.45, 7) is 10.7. The van der Waals surface area contributed by atoms with Crippen LogP contribution in [0.1, 0.15) is 50.0 Å². The van der Waals surface area contributed by atoms with E-state index in [1.165, 1.54) is 4.90 Å². The number of carbonyl (C=O) groups is 3. The van der Waals surface area contributed by atoms with Crippen molar-refractivity contribution in [3.63, 3.8) is 0 Å². The number of ether oxygens (including phenoxy) is 2. The van der Waals surface area contributed by atoms with Gasteiger partial charge in [0.1, 0.15) is 0 Å². The molecule has 8 heteroatoms. The number of carboxylic acids is 1. The van der Waals surface area contributed by atoms with Gasteiger partial charge in [-0.1, -0.05) is 39.8 Å². The fourth-order valence-corrected chi connectivity index (χ4v) is 2.72. The maximum atomic E-state index is 12.3. The Morgan fingerprint density at radius 3 is 2.23 bits per heavy atom. The summed E-state index contributed by atoms with van der Waals surface area (Å²) < 4.78 is 10.8. The predicted molar refractivity (Wildman–Crippen MR) is 118 cm³/mol. The van der Waals surface area contributed by atoms with Gasteiger partial charge in [0.15, 0.2) is 0 Å². The average molecular weight is 437 g/mol. The van der Waals surface area contributed by atoms with Gasteiger partial charge in [0.25, 0.3) is 5.91 Å². The van der Waals surface area contributed by atoms with E-state index < -0.39 is 5.97 Å². The molecule has 0 aromatic heterocycles. The first-order valence-corrected chi connectivity index (χ1v) is 10.7. The Kier molecular flexibility index (Phi) is 12.5. The van der Waals surface area contributed by atoms with E-state index in [0.717, 1.165) is 5.56 Å². The number of nitrogens with zero attached hydrogens (tertiary/aromatic N) is 1. The van der Waals surface area contributed by atoms with E-state index in [1.54, 1.807) is 38.1 Å². The second-order valence-electron chi connectivity index (χ2n) is 8.09. The van der Waals surface area contributed by atoms with Crippen molar-refractivity contribution >= 4 is 17.8 Å². The molecule has 31 heavy (non-hydrogen) atoms. The zero-order valence-electron chi connectivity index (χ0n) is 19.1. The molecule has 0 heterocycles. The highest BCUT2D eigenvalue weighted by Crippen LogP contribution is 2.11. The van der Waals surface area contributed by atoms with Gasteiger partial charge in [-0.05, 0) is 23.6 Å². The van der Waals surface area contributed by atoms with Crippen molar-refractivity contribution in [1.82, 2.24) is 10.2 Å². The molecule has 0 aliphatic rings. The van der Waals surface area contributed by atoms with E-state index >= 15 is 0 Å². The van der Waals surface area contributed by atoms with Crippen LogP contribution in [0, 0.1) is 11.8 Å². The van der Waals surface area contributed by atoms with Crippen molar-refractivity contribution in [3.8, 4) is 0 Å². The van der Waals surface area contributed by atoms with Crippen LogP contribution in [0.15, 0.2) is 24.3 Å². The second kappa shape index (κ2) is 14.5. The maximum absolute atomic E-state index is 12.3. The summed E-state index contributed by atoms with van der Waals surface area (Å²) in [5.41, 5.74) is 1.34. The highest BCUT2D eigenvalue weighted by molar-refractivity contribution is 5.94.